The number of nitrogens with two attached hydrogens (primary N) is 1. The van der Waals surface area contributed by atoms with E-state index in [0.29, 0.717) is 5.69 Å². The van der Waals surface area contributed by atoms with Crippen molar-refractivity contribution in [1.29, 1.82) is 0 Å². The Kier molecular flexibility index (Phi) is 4.37. The van der Waals surface area contributed by atoms with Crippen molar-refractivity contribution in [2.75, 3.05) is 17.1 Å². The number of halogens is 2. The maximum atomic E-state index is 12.7. The molecule has 0 atom stereocenters. The SMILES string of the molecule is Cc1cccc(N(C)S(=O)(=O)c2ccc(Cl)c(N)c2Cl)c1. The molecule has 0 spiro atoms. The lowest BCUT2D eigenvalue weighted by Gasteiger charge is -2.21. The Morgan fingerprint density at radius 3 is 2.43 bits per heavy atom. The molecule has 0 heterocycles. The minimum Gasteiger partial charge on any atom is -0.396 e. The first-order valence-electron chi connectivity index (χ1n) is 6.04. The molecule has 0 bridgehead atoms. The second kappa shape index (κ2) is 5.75. The number of hydrogen-bond acceptors (Lipinski definition) is 3. The van der Waals surface area contributed by atoms with Crippen LogP contribution in [0, 0.1) is 6.92 Å². The van der Waals surface area contributed by atoms with Crippen molar-refractivity contribution in [3.63, 3.8) is 0 Å². The molecule has 2 rings (SSSR count). The van der Waals surface area contributed by atoms with E-state index in [0.717, 1.165) is 9.87 Å². The molecular weight excluding hydrogens is 331 g/mol. The molecule has 0 unspecified atom stereocenters. The van der Waals surface area contributed by atoms with Crippen molar-refractivity contribution in [1.82, 2.24) is 0 Å². The van der Waals surface area contributed by atoms with Crippen molar-refractivity contribution >= 4 is 44.6 Å². The summed E-state index contributed by atoms with van der Waals surface area (Å²) in [5, 5.41) is 0.152. The van der Waals surface area contributed by atoms with Gasteiger partial charge >= 0.3 is 0 Å². The molecular formula is C14H14Cl2N2O2S. The Morgan fingerprint density at radius 1 is 1.14 bits per heavy atom. The molecule has 0 aliphatic rings. The molecule has 2 aromatic carbocycles. The number of sulfonamides is 1. The average molecular weight is 345 g/mol. The third-order valence-electron chi connectivity index (χ3n) is 3.09. The van der Waals surface area contributed by atoms with Gasteiger partial charge in [-0.25, -0.2) is 8.42 Å². The maximum Gasteiger partial charge on any atom is 0.265 e. The zero-order valence-electron chi connectivity index (χ0n) is 11.5. The van der Waals surface area contributed by atoms with Crippen LogP contribution in [0.1, 0.15) is 5.56 Å². The van der Waals surface area contributed by atoms with Crippen LogP contribution < -0.4 is 10.0 Å². The summed E-state index contributed by atoms with van der Waals surface area (Å²) in [7, 11) is -2.35. The lowest BCUT2D eigenvalue weighted by molar-refractivity contribution is 0.594. The van der Waals surface area contributed by atoms with Crippen molar-refractivity contribution in [3.05, 3.63) is 52.0 Å². The zero-order chi connectivity index (χ0) is 15.8. The van der Waals surface area contributed by atoms with Crippen molar-refractivity contribution in [3.8, 4) is 0 Å². The molecule has 21 heavy (non-hydrogen) atoms. The van der Waals surface area contributed by atoms with Gasteiger partial charge < -0.3 is 5.73 Å². The van der Waals surface area contributed by atoms with Crippen LogP contribution in [0.4, 0.5) is 11.4 Å². The maximum absolute atomic E-state index is 12.7. The topological polar surface area (TPSA) is 63.4 Å². The van der Waals surface area contributed by atoms with Crippen LogP contribution in [0.25, 0.3) is 0 Å². The summed E-state index contributed by atoms with van der Waals surface area (Å²) in [6.45, 7) is 1.89. The van der Waals surface area contributed by atoms with E-state index >= 15 is 0 Å². The Hall–Kier alpha value is -1.43. The minimum absolute atomic E-state index is 0.0528. The molecule has 0 amide bonds. The number of nitrogens with zero attached hydrogens (tertiary/aromatic N) is 1. The van der Waals surface area contributed by atoms with Crippen molar-refractivity contribution in [2.45, 2.75) is 11.8 Å². The summed E-state index contributed by atoms with van der Waals surface area (Å²) in [6, 6.07) is 9.91. The van der Waals surface area contributed by atoms with E-state index in [4.69, 9.17) is 28.9 Å². The molecule has 0 aliphatic carbocycles. The van der Waals surface area contributed by atoms with Crippen molar-refractivity contribution in [2.24, 2.45) is 0 Å². The predicted octanol–water partition coefficient (Wildman–Crippen LogP) is 3.71. The molecule has 0 saturated heterocycles. The Bertz CT molecular complexity index is 792. The Balaban J connectivity index is 2.55. The molecule has 2 aromatic rings. The molecule has 4 nitrogen and oxygen atoms in total. The standard InChI is InChI=1S/C14H14Cl2N2O2S/c1-9-4-3-5-10(8-9)18(2)21(19,20)12-7-6-11(15)14(17)13(12)16/h3-8H,17H2,1-2H3. The number of anilines is 2. The van der Waals surface area contributed by atoms with Gasteiger partial charge in [-0.15, -0.1) is 0 Å². The van der Waals surface area contributed by atoms with Gasteiger partial charge in [0, 0.05) is 7.05 Å². The van der Waals surface area contributed by atoms with Crippen LogP contribution in [0.15, 0.2) is 41.3 Å². The fourth-order valence-electron chi connectivity index (χ4n) is 1.86. The lowest BCUT2D eigenvalue weighted by Crippen LogP contribution is -2.27. The Labute approximate surface area is 134 Å². The van der Waals surface area contributed by atoms with E-state index in [1.807, 2.05) is 13.0 Å². The quantitative estimate of drug-likeness (QED) is 0.863. The highest BCUT2D eigenvalue weighted by Crippen LogP contribution is 2.35. The molecule has 0 fully saturated rings. The second-order valence-corrected chi connectivity index (χ2v) is 7.31. The van der Waals surface area contributed by atoms with Gasteiger partial charge in [-0.3, -0.25) is 4.31 Å². The number of nitrogen functional groups attached to an aromatic ring is 1. The number of benzene rings is 2. The summed E-state index contributed by atoms with van der Waals surface area (Å²) in [5.74, 6) is 0. The van der Waals surface area contributed by atoms with Gasteiger partial charge in [-0.05, 0) is 36.8 Å². The number of aryl methyl sites for hydroxylation is 1. The fourth-order valence-corrected chi connectivity index (χ4v) is 3.78. The zero-order valence-corrected chi connectivity index (χ0v) is 13.8. The molecule has 112 valence electrons. The Morgan fingerprint density at radius 2 is 1.81 bits per heavy atom. The van der Waals surface area contributed by atoms with E-state index in [2.05, 4.69) is 0 Å². The van der Waals surface area contributed by atoms with E-state index in [9.17, 15) is 8.42 Å². The van der Waals surface area contributed by atoms with Crippen LogP contribution >= 0.6 is 23.2 Å². The van der Waals surface area contributed by atoms with Gasteiger partial charge in [0.2, 0.25) is 0 Å². The summed E-state index contributed by atoms with van der Waals surface area (Å²) < 4.78 is 26.5. The van der Waals surface area contributed by atoms with Crippen LogP contribution in [-0.4, -0.2) is 15.5 Å². The van der Waals surface area contributed by atoms with Crippen LogP contribution in [0.3, 0.4) is 0 Å². The first-order valence-corrected chi connectivity index (χ1v) is 8.24. The lowest BCUT2D eigenvalue weighted by atomic mass is 10.2. The summed E-state index contributed by atoms with van der Waals surface area (Å²) in [4.78, 5) is -0.0740. The largest absolute Gasteiger partial charge is 0.396 e. The molecule has 0 saturated carbocycles. The predicted molar refractivity (Wildman–Crippen MR) is 87.6 cm³/mol. The van der Waals surface area contributed by atoms with E-state index in [1.165, 1.54) is 19.2 Å². The highest BCUT2D eigenvalue weighted by molar-refractivity contribution is 7.93. The first-order chi connectivity index (χ1) is 9.75. The van der Waals surface area contributed by atoms with Gasteiger partial charge in [-0.1, -0.05) is 35.3 Å². The monoisotopic (exact) mass is 344 g/mol. The molecule has 2 N–H and O–H groups in total. The van der Waals surface area contributed by atoms with E-state index < -0.39 is 10.0 Å². The van der Waals surface area contributed by atoms with Gasteiger partial charge in [0.05, 0.1) is 21.4 Å². The van der Waals surface area contributed by atoms with Crippen LogP contribution in [0.2, 0.25) is 10.0 Å². The van der Waals surface area contributed by atoms with Crippen molar-refractivity contribution < 1.29 is 8.42 Å². The molecule has 7 heteroatoms. The summed E-state index contributed by atoms with van der Waals surface area (Å²) in [6.07, 6.45) is 0. The van der Waals surface area contributed by atoms with E-state index in [1.54, 1.807) is 18.2 Å². The molecule has 0 radical (unpaired) electrons. The van der Waals surface area contributed by atoms with Gasteiger partial charge in [0.25, 0.3) is 10.0 Å². The molecule has 0 aliphatic heterocycles. The summed E-state index contributed by atoms with van der Waals surface area (Å²) in [5.41, 5.74) is 7.24. The first kappa shape index (κ1) is 15.9. The van der Waals surface area contributed by atoms with Crippen LogP contribution in [0.5, 0.6) is 0 Å². The summed E-state index contributed by atoms with van der Waals surface area (Å²) >= 11 is 11.9. The minimum atomic E-state index is -3.82. The fraction of sp³-hybridized carbons (Fsp3) is 0.143. The smallest absolute Gasteiger partial charge is 0.265 e. The average Bonchev–Trinajstić information content (AvgIpc) is 2.43. The van der Waals surface area contributed by atoms with E-state index in [-0.39, 0.29) is 20.6 Å². The number of hydrogen-bond donors (Lipinski definition) is 1. The highest BCUT2D eigenvalue weighted by Gasteiger charge is 2.25. The highest BCUT2D eigenvalue weighted by atomic mass is 35.5. The third-order valence-corrected chi connectivity index (χ3v) is 5.77. The van der Waals surface area contributed by atoms with Gasteiger partial charge in [0.1, 0.15) is 4.90 Å². The third kappa shape index (κ3) is 2.95. The number of rotatable bonds is 3. The molecule has 0 aromatic heterocycles. The van der Waals surface area contributed by atoms with Gasteiger partial charge in [-0.2, -0.15) is 0 Å². The van der Waals surface area contributed by atoms with Gasteiger partial charge in [0.15, 0.2) is 0 Å². The van der Waals surface area contributed by atoms with Crippen LogP contribution in [-0.2, 0) is 10.0 Å². The second-order valence-electron chi connectivity index (χ2n) is 4.58. The normalized spacial score (nSPS) is 11.4.